The minimum absolute atomic E-state index is 0.0963. The van der Waals surface area contributed by atoms with Gasteiger partial charge in [0.1, 0.15) is 0 Å². The predicted octanol–water partition coefficient (Wildman–Crippen LogP) is 3.62. The molecule has 2 atom stereocenters. The Morgan fingerprint density at radius 2 is 1.57 bits per heavy atom. The largest absolute Gasteiger partial charge is 0.373 e. The molecule has 1 aliphatic heterocycles. The van der Waals surface area contributed by atoms with Gasteiger partial charge >= 0.3 is 0 Å². The maximum atomic E-state index is 12.9. The molecule has 30 heavy (non-hydrogen) atoms. The summed E-state index contributed by atoms with van der Waals surface area (Å²) in [6, 6.07) is 14.6. The summed E-state index contributed by atoms with van der Waals surface area (Å²) in [7, 11) is -3.58. The van der Waals surface area contributed by atoms with Gasteiger partial charge in [0.2, 0.25) is 15.9 Å². The van der Waals surface area contributed by atoms with Crippen LogP contribution in [0.4, 0.5) is 5.69 Å². The van der Waals surface area contributed by atoms with Crippen molar-refractivity contribution in [1.29, 1.82) is 0 Å². The van der Waals surface area contributed by atoms with E-state index in [2.05, 4.69) is 36.5 Å². The summed E-state index contributed by atoms with van der Waals surface area (Å²) in [4.78, 5) is 12.5. The van der Waals surface area contributed by atoms with E-state index in [1.807, 2.05) is 13.8 Å². The Bertz CT molecular complexity index is 946. The Kier molecular flexibility index (Phi) is 7.28. The van der Waals surface area contributed by atoms with Crippen LogP contribution < -0.4 is 5.32 Å². The number of amides is 1. The lowest BCUT2D eigenvalue weighted by Crippen LogP contribution is -2.48. The summed E-state index contributed by atoms with van der Waals surface area (Å²) >= 11 is 0. The molecule has 162 valence electrons. The van der Waals surface area contributed by atoms with Crippen molar-refractivity contribution in [2.75, 3.05) is 18.4 Å². The van der Waals surface area contributed by atoms with Crippen molar-refractivity contribution in [2.24, 2.45) is 0 Å². The molecule has 1 heterocycles. The molecule has 1 amide bonds. The SMILES string of the molecule is CCc1ccc(CCC(=O)Nc2ccc(S(=O)(=O)N3CC(C)OC(C)C3)cc2)cc1. The number of rotatable bonds is 7. The van der Waals surface area contributed by atoms with Gasteiger partial charge in [-0.25, -0.2) is 8.42 Å². The van der Waals surface area contributed by atoms with Gasteiger partial charge in [-0.15, -0.1) is 0 Å². The van der Waals surface area contributed by atoms with E-state index in [-0.39, 0.29) is 23.0 Å². The van der Waals surface area contributed by atoms with Crippen molar-refractivity contribution in [2.45, 2.75) is 57.1 Å². The Morgan fingerprint density at radius 3 is 2.13 bits per heavy atom. The fourth-order valence-electron chi connectivity index (χ4n) is 3.61. The molecule has 6 nitrogen and oxygen atoms in total. The maximum absolute atomic E-state index is 12.9. The zero-order chi connectivity index (χ0) is 21.7. The first-order valence-electron chi connectivity index (χ1n) is 10.4. The normalized spacial score (nSPS) is 20.1. The zero-order valence-corrected chi connectivity index (χ0v) is 18.6. The monoisotopic (exact) mass is 430 g/mol. The highest BCUT2D eigenvalue weighted by molar-refractivity contribution is 7.89. The minimum Gasteiger partial charge on any atom is -0.373 e. The quantitative estimate of drug-likeness (QED) is 0.728. The van der Waals surface area contributed by atoms with Crippen molar-refractivity contribution in [1.82, 2.24) is 4.31 Å². The number of carbonyl (C=O) groups is 1. The molecule has 0 saturated carbocycles. The van der Waals surface area contributed by atoms with Crippen LogP contribution in [-0.4, -0.2) is 43.9 Å². The fraction of sp³-hybridized carbons (Fsp3) is 0.435. The van der Waals surface area contributed by atoms with Crippen LogP contribution in [0.5, 0.6) is 0 Å². The van der Waals surface area contributed by atoms with Gasteiger partial charge < -0.3 is 10.1 Å². The highest BCUT2D eigenvalue weighted by atomic mass is 32.2. The van der Waals surface area contributed by atoms with Gasteiger partial charge in [0.25, 0.3) is 0 Å². The minimum atomic E-state index is -3.58. The van der Waals surface area contributed by atoms with Crippen LogP contribution in [-0.2, 0) is 32.4 Å². The van der Waals surface area contributed by atoms with E-state index in [0.29, 0.717) is 31.6 Å². The van der Waals surface area contributed by atoms with E-state index >= 15 is 0 Å². The van der Waals surface area contributed by atoms with E-state index in [4.69, 9.17) is 4.74 Å². The molecule has 0 aromatic heterocycles. The van der Waals surface area contributed by atoms with Gasteiger partial charge in [0.05, 0.1) is 17.1 Å². The lowest BCUT2D eigenvalue weighted by Gasteiger charge is -2.34. The molecule has 2 unspecified atom stereocenters. The topological polar surface area (TPSA) is 75.7 Å². The molecule has 0 spiro atoms. The first-order chi connectivity index (χ1) is 14.3. The number of benzene rings is 2. The Morgan fingerprint density at radius 1 is 1.00 bits per heavy atom. The molecule has 1 aliphatic rings. The number of ether oxygens (including phenoxy) is 1. The number of hydrogen-bond donors (Lipinski definition) is 1. The molecule has 0 bridgehead atoms. The van der Waals surface area contributed by atoms with Crippen molar-refractivity contribution < 1.29 is 17.9 Å². The van der Waals surface area contributed by atoms with Gasteiger partial charge in [-0.2, -0.15) is 4.31 Å². The first-order valence-corrected chi connectivity index (χ1v) is 11.8. The summed E-state index contributed by atoms with van der Waals surface area (Å²) < 4.78 is 32.9. The third-order valence-corrected chi connectivity index (χ3v) is 7.08. The van der Waals surface area contributed by atoms with E-state index < -0.39 is 10.0 Å². The van der Waals surface area contributed by atoms with Crippen LogP contribution in [0.25, 0.3) is 0 Å². The van der Waals surface area contributed by atoms with Gasteiger partial charge in [0.15, 0.2) is 0 Å². The summed E-state index contributed by atoms with van der Waals surface area (Å²) in [5, 5.41) is 2.84. The number of hydrogen-bond acceptors (Lipinski definition) is 4. The van der Waals surface area contributed by atoms with Crippen LogP contribution in [0.15, 0.2) is 53.4 Å². The second-order valence-corrected chi connectivity index (χ2v) is 9.76. The zero-order valence-electron chi connectivity index (χ0n) is 17.8. The number of aryl methyl sites for hydroxylation is 2. The van der Waals surface area contributed by atoms with E-state index in [1.165, 1.54) is 9.87 Å². The Balaban J connectivity index is 1.57. The molecule has 2 aromatic rings. The second-order valence-electron chi connectivity index (χ2n) is 7.82. The molecule has 3 rings (SSSR count). The molecule has 2 aromatic carbocycles. The van der Waals surface area contributed by atoms with Crippen LogP contribution in [0.2, 0.25) is 0 Å². The standard InChI is InChI=1S/C23H30N2O4S/c1-4-19-5-7-20(8-6-19)9-14-23(26)24-21-10-12-22(13-11-21)30(27,28)25-15-17(2)29-18(3)16-25/h5-8,10-13,17-18H,4,9,14-16H2,1-3H3,(H,24,26). The van der Waals surface area contributed by atoms with Crippen LogP contribution in [0.1, 0.15) is 38.3 Å². The summed E-state index contributed by atoms with van der Waals surface area (Å²) in [6.45, 7) is 6.53. The summed E-state index contributed by atoms with van der Waals surface area (Å²) in [5.74, 6) is -0.0963. The molecule has 7 heteroatoms. The number of carbonyl (C=O) groups excluding carboxylic acids is 1. The third kappa shape index (κ3) is 5.68. The molecular formula is C23H30N2O4S. The van der Waals surface area contributed by atoms with E-state index in [0.717, 1.165) is 12.0 Å². The van der Waals surface area contributed by atoms with E-state index in [1.54, 1.807) is 24.3 Å². The predicted molar refractivity (Wildman–Crippen MR) is 118 cm³/mol. The summed E-state index contributed by atoms with van der Waals surface area (Å²) in [5.41, 5.74) is 2.99. The number of morpholine rings is 1. The lowest BCUT2D eigenvalue weighted by molar-refractivity contribution is -0.116. The van der Waals surface area contributed by atoms with Gasteiger partial charge in [0, 0.05) is 25.2 Å². The maximum Gasteiger partial charge on any atom is 0.243 e. The van der Waals surface area contributed by atoms with Crippen LogP contribution in [0.3, 0.4) is 0 Å². The number of nitrogens with one attached hydrogen (secondary N) is 1. The van der Waals surface area contributed by atoms with Gasteiger partial charge in [-0.3, -0.25) is 4.79 Å². The smallest absolute Gasteiger partial charge is 0.243 e. The van der Waals surface area contributed by atoms with Gasteiger partial charge in [-0.1, -0.05) is 31.2 Å². The second kappa shape index (κ2) is 9.73. The number of nitrogens with zero attached hydrogens (tertiary/aromatic N) is 1. The molecular weight excluding hydrogens is 400 g/mol. The average molecular weight is 431 g/mol. The van der Waals surface area contributed by atoms with Crippen LogP contribution in [0, 0.1) is 0 Å². The third-order valence-electron chi connectivity index (χ3n) is 5.23. The van der Waals surface area contributed by atoms with Gasteiger partial charge in [-0.05, 0) is 62.1 Å². The fourth-order valence-corrected chi connectivity index (χ4v) is 5.20. The average Bonchev–Trinajstić information content (AvgIpc) is 2.72. The van der Waals surface area contributed by atoms with Crippen molar-refractivity contribution in [3.63, 3.8) is 0 Å². The van der Waals surface area contributed by atoms with Crippen molar-refractivity contribution >= 4 is 21.6 Å². The molecule has 0 aliphatic carbocycles. The van der Waals surface area contributed by atoms with Crippen molar-refractivity contribution in [3.8, 4) is 0 Å². The first kappa shape index (κ1) is 22.5. The van der Waals surface area contributed by atoms with Crippen LogP contribution >= 0.6 is 0 Å². The number of anilines is 1. The number of sulfonamides is 1. The summed E-state index contributed by atoms with van der Waals surface area (Å²) in [6.07, 6.45) is 1.75. The molecule has 1 N–H and O–H groups in total. The Hall–Kier alpha value is -2.22. The molecule has 1 saturated heterocycles. The molecule has 0 radical (unpaired) electrons. The van der Waals surface area contributed by atoms with E-state index in [9.17, 15) is 13.2 Å². The van der Waals surface area contributed by atoms with Crippen molar-refractivity contribution in [3.05, 3.63) is 59.7 Å². The Labute approximate surface area is 179 Å². The highest BCUT2D eigenvalue weighted by Crippen LogP contribution is 2.22. The molecule has 1 fully saturated rings. The highest BCUT2D eigenvalue weighted by Gasteiger charge is 2.32. The lowest BCUT2D eigenvalue weighted by atomic mass is 10.1.